The zero-order valence-electron chi connectivity index (χ0n) is 9.39. The predicted octanol–water partition coefficient (Wildman–Crippen LogP) is 2.14. The van der Waals surface area contributed by atoms with Gasteiger partial charge in [-0.2, -0.15) is 12.6 Å². The van der Waals surface area contributed by atoms with E-state index in [1.54, 1.807) is 18.2 Å². The largest absolute Gasteiger partial charge is 0.480 e. The van der Waals surface area contributed by atoms with Crippen molar-refractivity contribution in [2.24, 2.45) is 5.92 Å². The second-order valence-corrected chi connectivity index (χ2v) is 5.16. The maximum atomic E-state index is 11.8. The van der Waals surface area contributed by atoms with Crippen LogP contribution < -0.4 is 9.64 Å². The average molecular weight is 317 g/mol. The highest BCUT2D eigenvalue weighted by Gasteiger charge is 2.30. The number of amides is 1. The second-order valence-electron chi connectivity index (χ2n) is 3.94. The van der Waals surface area contributed by atoms with E-state index >= 15 is 0 Å². The van der Waals surface area contributed by atoms with Crippen molar-refractivity contribution in [2.75, 3.05) is 24.3 Å². The van der Waals surface area contributed by atoms with Crippen LogP contribution in [0.15, 0.2) is 16.7 Å². The molecule has 0 saturated carbocycles. The van der Waals surface area contributed by atoms with Gasteiger partial charge in [-0.15, -0.1) is 0 Å². The SMILES string of the molecule is COc1ncc(N2CC(CS)CC2=O)cc1Br. The van der Waals surface area contributed by atoms with Crippen LogP contribution in [0.4, 0.5) is 5.69 Å². The van der Waals surface area contributed by atoms with Crippen LogP contribution >= 0.6 is 28.6 Å². The summed E-state index contributed by atoms with van der Waals surface area (Å²) in [5.74, 6) is 1.70. The first-order chi connectivity index (χ1) is 8.15. The maximum absolute atomic E-state index is 11.8. The molecule has 0 radical (unpaired) electrons. The minimum absolute atomic E-state index is 0.128. The summed E-state index contributed by atoms with van der Waals surface area (Å²) in [6.07, 6.45) is 2.22. The molecule has 1 aliphatic rings. The van der Waals surface area contributed by atoms with Crippen LogP contribution in [-0.2, 0) is 4.79 Å². The molecule has 92 valence electrons. The molecule has 4 nitrogen and oxygen atoms in total. The molecule has 1 atom stereocenters. The molecular weight excluding hydrogens is 304 g/mol. The molecule has 1 saturated heterocycles. The fourth-order valence-corrected chi connectivity index (χ4v) is 2.61. The molecular formula is C11H13BrN2O2S. The normalized spacial score (nSPS) is 19.8. The highest BCUT2D eigenvalue weighted by Crippen LogP contribution is 2.30. The summed E-state index contributed by atoms with van der Waals surface area (Å²) in [6.45, 7) is 0.711. The number of aromatic nitrogens is 1. The summed E-state index contributed by atoms with van der Waals surface area (Å²) >= 11 is 7.60. The molecule has 1 aromatic heterocycles. The van der Waals surface area contributed by atoms with Crippen molar-refractivity contribution < 1.29 is 9.53 Å². The van der Waals surface area contributed by atoms with Crippen LogP contribution in [0, 0.1) is 5.92 Å². The molecule has 0 bridgehead atoms. The molecule has 1 amide bonds. The van der Waals surface area contributed by atoms with Gasteiger partial charge in [-0.25, -0.2) is 4.98 Å². The van der Waals surface area contributed by atoms with E-state index in [0.29, 0.717) is 24.8 Å². The zero-order chi connectivity index (χ0) is 12.4. The Hall–Kier alpha value is -0.750. The summed E-state index contributed by atoms with van der Waals surface area (Å²) in [5, 5.41) is 0. The van der Waals surface area contributed by atoms with Crippen molar-refractivity contribution in [1.29, 1.82) is 0 Å². The molecule has 2 heterocycles. The first-order valence-corrected chi connectivity index (χ1v) is 6.69. The Morgan fingerprint density at radius 1 is 1.71 bits per heavy atom. The van der Waals surface area contributed by atoms with Gasteiger partial charge in [-0.3, -0.25) is 4.79 Å². The van der Waals surface area contributed by atoms with Gasteiger partial charge < -0.3 is 9.64 Å². The van der Waals surface area contributed by atoms with Crippen molar-refractivity contribution in [3.63, 3.8) is 0 Å². The van der Waals surface area contributed by atoms with Gasteiger partial charge in [0, 0.05) is 13.0 Å². The van der Waals surface area contributed by atoms with E-state index in [-0.39, 0.29) is 5.91 Å². The third kappa shape index (κ3) is 2.57. The van der Waals surface area contributed by atoms with Gasteiger partial charge in [0.2, 0.25) is 11.8 Å². The van der Waals surface area contributed by atoms with Gasteiger partial charge in [0.05, 0.1) is 23.5 Å². The van der Waals surface area contributed by atoms with E-state index in [4.69, 9.17) is 4.74 Å². The van der Waals surface area contributed by atoms with Crippen molar-refractivity contribution in [1.82, 2.24) is 4.98 Å². The number of ether oxygens (including phenoxy) is 1. The molecule has 0 aromatic carbocycles. The summed E-state index contributed by atoms with van der Waals surface area (Å²) in [4.78, 5) is 17.7. The first kappa shape index (κ1) is 12.7. The molecule has 0 aliphatic carbocycles. The number of carbonyl (C=O) groups is 1. The van der Waals surface area contributed by atoms with Crippen molar-refractivity contribution >= 4 is 40.2 Å². The molecule has 2 rings (SSSR count). The second kappa shape index (κ2) is 5.27. The number of nitrogens with zero attached hydrogens (tertiary/aromatic N) is 2. The predicted molar refractivity (Wildman–Crippen MR) is 72.8 cm³/mol. The third-order valence-corrected chi connectivity index (χ3v) is 3.85. The van der Waals surface area contributed by atoms with E-state index < -0.39 is 0 Å². The van der Waals surface area contributed by atoms with Gasteiger partial charge in [0.25, 0.3) is 0 Å². The Kier molecular flexibility index (Phi) is 3.93. The van der Waals surface area contributed by atoms with E-state index in [1.807, 2.05) is 6.07 Å². The highest BCUT2D eigenvalue weighted by atomic mass is 79.9. The van der Waals surface area contributed by atoms with Crippen molar-refractivity contribution in [3.8, 4) is 5.88 Å². The monoisotopic (exact) mass is 316 g/mol. The van der Waals surface area contributed by atoms with Gasteiger partial charge in [-0.1, -0.05) is 0 Å². The fourth-order valence-electron chi connectivity index (χ4n) is 1.87. The molecule has 6 heteroatoms. The van der Waals surface area contributed by atoms with E-state index in [0.717, 1.165) is 15.9 Å². The molecule has 1 aliphatic heterocycles. The number of rotatable bonds is 3. The van der Waals surface area contributed by atoms with Crippen LogP contribution in [-0.4, -0.2) is 30.3 Å². The summed E-state index contributed by atoms with van der Waals surface area (Å²) in [7, 11) is 1.56. The first-order valence-electron chi connectivity index (χ1n) is 5.26. The minimum Gasteiger partial charge on any atom is -0.480 e. The van der Waals surface area contributed by atoms with Crippen molar-refractivity contribution in [3.05, 3.63) is 16.7 Å². The summed E-state index contributed by atoms with van der Waals surface area (Å²) < 4.78 is 5.81. The Bertz CT molecular complexity index is 441. The van der Waals surface area contributed by atoms with Gasteiger partial charge in [0.1, 0.15) is 0 Å². The van der Waals surface area contributed by atoms with Crippen LogP contribution in [0.1, 0.15) is 6.42 Å². The average Bonchev–Trinajstić information content (AvgIpc) is 2.70. The number of hydrogen-bond donors (Lipinski definition) is 1. The standard InChI is InChI=1S/C11H13BrN2O2S/c1-16-11-9(12)3-8(4-13-11)14-5-7(6-17)2-10(14)15/h3-4,7,17H,2,5-6H2,1H3. The Balaban J connectivity index is 2.23. The number of anilines is 1. The van der Waals surface area contributed by atoms with Crippen LogP contribution in [0.25, 0.3) is 0 Å². The smallest absolute Gasteiger partial charge is 0.227 e. The lowest BCUT2D eigenvalue weighted by molar-refractivity contribution is -0.117. The Morgan fingerprint density at radius 2 is 2.47 bits per heavy atom. The minimum atomic E-state index is 0.128. The Labute approximate surface area is 114 Å². The van der Waals surface area contributed by atoms with E-state index in [9.17, 15) is 4.79 Å². The third-order valence-electron chi connectivity index (χ3n) is 2.76. The van der Waals surface area contributed by atoms with Crippen LogP contribution in [0.5, 0.6) is 5.88 Å². The molecule has 17 heavy (non-hydrogen) atoms. The fraction of sp³-hybridized carbons (Fsp3) is 0.455. The number of halogens is 1. The van der Waals surface area contributed by atoms with Crippen LogP contribution in [0.2, 0.25) is 0 Å². The topological polar surface area (TPSA) is 42.4 Å². The van der Waals surface area contributed by atoms with Gasteiger partial charge in [-0.05, 0) is 33.7 Å². The van der Waals surface area contributed by atoms with E-state index in [1.165, 1.54) is 0 Å². The molecule has 0 spiro atoms. The molecule has 1 unspecified atom stereocenters. The van der Waals surface area contributed by atoms with Gasteiger partial charge >= 0.3 is 0 Å². The van der Waals surface area contributed by atoms with Crippen molar-refractivity contribution in [2.45, 2.75) is 6.42 Å². The van der Waals surface area contributed by atoms with Gasteiger partial charge in [0.15, 0.2) is 0 Å². The lowest BCUT2D eigenvalue weighted by Gasteiger charge is -2.16. The lowest BCUT2D eigenvalue weighted by atomic mass is 10.1. The quantitative estimate of drug-likeness (QED) is 0.869. The zero-order valence-corrected chi connectivity index (χ0v) is 11.9. The summed E-state index contributed by atoms with van der Waals surface area (Å²) in [5.41, 5.74) is 0.798. The number of thiol groups is 1. The molecule has 1 fully saturated rings. The number of carbonyl (C=O) groups excluding carboxylic acids is 1. The molecule has 0 N–H and O–H groups in total. The lowest BCUT2D eigenvalue weighted by Crippen LogP contribution is -2.24. The maximum Gasteiger partial charge on any atom is 0.227 e. The highest BCUT2D eigenvalue weighted by molar-refractivity contribution is 9.10. The molecule has 1 aromatic rings. The summed E-state index contributed by atoms with van der Waals surface area (Å²) in [6, 6.07) is 1.85. The number of methoxy groups -OCH3 is 1. The Morgan fingerprint density at radius 3 is 3.00 bits per heavy atom. The number of pyridine rings is 1. The number of hydrogen-bond acceptors (Lipinski definition) is 4. The van der Waals surface area contributed by atoms with Crippen LogP contribution in [0.3, 0.4) is 0 Å². The van der Waals surface area contributed by atoms with E-state index in [2.05, 4.69) is 33.5 Å².